The fourth-order valence-corrected chi connectivity index (χ4v) is 2.75. The summed E-state index contributed by atoms with van der Waals surface area (Å²) in [6.45, 7) is 3.84. The summed E-state index contributed by atoms with van der Waals surface area (Å²) in [6.07, 6.45) is 6.26. The molecule has 5 heteroatoms. The van der Waals surface area contributed by atoms with Gasteiger partial charge in [0.05, 0.1) is 18.9 Å². The molecule has 1 aliphatic heterocycles. The van der Waals surface area contributed by atoms with Crippen LogP contribution in [0.1, 0.15) is 37.4 Å². The molecule has 1 aromatic rings. The lowest BCUT2D eigenvalue weighted by Crippen LogP contribution is -2.25. The van der Waals surface area contributed by atoms with Crippen molar-refractivity contribution in [3.8, 4) is 0 Å². The number of esters is 1. The SMILES string of the molecule is CCOC(=O)C1CNCC1c1cncn1C1CC1. The van der Waals surface area contributed by atoms with E-state index in [4.69, 9.17) is 4.74 Å². The molecule has 1 N–H and O–H groups in total. The van der Waals surface area contributed by atoms with E-state index in [9.17, 15) is 4.79 Å². The highest BCUT2D eigenvalue weighted by atomic mass is 16.5. The Balaban J connectivity index is 1.81. The smallest absolute Gasteiger partial charge is 0.310 e. The number of imidazole rings is 1. The number of hydrogen-bond donors (Lipinski definition) is 1. The summed E-state index contributed by atoms with van der Waals surface area (Å²) in [5.74, 6) is 0.0438. The summed E-state index contributed by atoms with van der Waals surface area (Å²) in [6, 6.07) is 0.603. The Bertz CT molecular complexity index is 439. The van der Waals surface area contributed by atoms with Crippen molar-refractivity contribution in [2.75, 3.05) is 19.7 Å². The monoisotopic (exact) mass is 249 g/mol. The molecular weight excluding hydrogens is 230 g/mol. The van der Waals surface area contributed by atoms with Crippen molar-refractivity contribution in [1.29, 1.82) is 0 Å². The standard InChI is InChI=1S/C13H19N3O2/c1-2-18-13(17)11-6-14-5-10(11)12-7-15-8-16(12)9-3-4-9/h7-11,14H,2-6H2,1H3. The zero-order valence-electron chi connectivity index (χ0n) is 10.6. The molecule has 3 rings (SSSR count). The summed E-state index contributed by atoms with van der Waals surface area (Å²) in [5.41, 5.74) is 1.18. The molecule has 2 aliphatic rings. The zero-order chi connectivity index (χ0) is 12.5. The third-order valence-electron chi connectivity index (χ3n) is 3.82. The van der Waals surface area contributed by atoms with Crippen LogP contribution in [0.3, 0.4) is 0 Å². The normalized spacial score (nSPS) is 27.4. The topological polar surface area (TPSA) is 56.1 Å². The van der Waals surface area contributed by atoms with E-state index < -0.39 is 0 Å². The second-order valence-electron chi connectivity index (χ2n) is 5.08. The number of ether oxygens (including phenoxy) is 1. The predicted molar refractivity (Wildman–Crippen MR) is 66.2 cm³/mol. The number of aromatic nitrogens is 2. The fraction of sp³-hybridized carbons (Fsp3) is 0.692. The lowest BCUT2D eigenvalue weighted by molar-refractivity contribution is -0.147. The maximum absolute atomic E-state index is 12.0. The minimum Gasteiger partial charge on any atom is -0.466 e. The number of rotatable bonds is 4. The summed E-state index contributed by atoms with van der Waals surface area (Å²) < 4.78 is 7.40. The maximum atomic E-state index is 12.0. The lowest BCUT2D eigenvalue weighted by atomic mass is 9.93. The molecule has 0 spiro atoms. The molecule has 1 aliphatic carbocycles. The Labute approximate surface area is 107 Å². The van der Waals surface area contributed by atoms with Crippen molar-refractivity contribution in [2.24, 2.45) is 5.92 Å². The van der Waals surface area contributed by atoms with E-state index in [0.29, 0.717) is 19.2 Å². The van der Waals surface area contributed by atoms with Crippen molar-refractivity contribution in [1.82, 2.24) is 14.9 Å². The van der Waals surface area contributed by atoms with Crippen molar-refractivity contribution in [2.45, 2.75) is 31.7 Å². The van der Waals surface area contributed by atoms with Crippen LogP contribution in [-0.4, -0.2) is 35.2 Å². The highest BCUT2D eigenvalue weighted by molar-refractivity contribution is 5.74. The molecule has 0 aromatic carbocycles. The largest absolute Gasteiger partial charge is 0.466 e. The molecule has 98 valence electrons. The van der Waals surface area contributed by atoms with E-state index in [0.717, 1.165) is 6.54 Å². The van der Waals surface area contributed by atoms with Crippen LogP contribution < -0.4 is 5.32 Å². The van der Waals surface area contributed by atoms with E-state index in [1.54, 1.807) is 0 Å². The van der Waals surface area contributed by atoms with E-state index in [1.807, 2.05) is 19.4 Å². The first kappa shape index (κ1) is 11.7. The van der Waals surface area contributed by atoms with Gasteiger partial charge in [-0.1, -0.05) is 0 Å². The molecule has 0 bridgehead atoms. The van der Waals surface area contributed by atoms with Crippen molar-refractivity contribution in [3.63, 3.8) is 0 Å². The summed E-state index contributed by atoms with van der Waals surface area (Å²) in [4.78, 5) is 16.2. The van der Waals surface area contributed by atoms with Gasteiger partial charge in [0.2, 0.25) is 0 Å². The Morgan fingerprint density at radius 3 is 3.11 bits per heavy atom. The van der Waals surface area contributed by atoms with Gasteiger partial charge < -0.3 is 14.6 Å². The van der Waals surface area contributed by atoms with Crippen LogP contribution >= 0.6 is 0 Å². The van der Waals surface area contributed by atoms with Gasteiger partial charge in [-0.15, -0.1) is 0 Å². The van der Waals surface area contributed by atoms with Gasteiger partial charge in [0, 0.05) is 36.9 Å². The van der Waals surface area contributed by atoms with Crippen LogP contribution in [-0.2, 0) is 9.53 Å². The van der Waals surface area contributed by atoms with Crippen LogP contribution in [0.25, 0.3) is 0 Å². The molecule has 2 atom stereocenters. The van der Waals surface area contributed by atoms with Crippen molar-refractivity contribution < 1.29 is 9.53 Å². The number of hydrogen-bond acceptors (Lipinski definition) is 4. The Hall–Kier alpha value is -1.36. The summed E-state index contributed by atoms with van der Waals surface area (Å²) in [5, 5.41) is 3.29. The molecular formula is C13H19N3O2. The average Bonchev–Trinajstić information content (AvgIpc) is 2.93. The average molecular weight is 249 g/mol. The molecule has 0 radical (unpaired) electrons. The molecule has 2 unspecified atom stereocenters. The van der Waals surface area contributed by atoms with Gasteiger partial charge in [0.1, 0.15) is 0 Å². The highest BCUT2D eigenvalue weighted by Crippen LogP contribution is 2.39. The highest BCUT2D eigenvalue weighted by Gasteiger charge is 2.38. The van der Waals surface area contributed by atoms with Gasteiger partial charge >= 0.3 is 5.97 Å². The van der Waals surface area contributed by atoms with E-state index in [-0.39, 0.29) is 17.8 Å². The summed E-state index contributed by atoms with van der Waals surface area (Å²) in [7, 11) is 0. The van der Waals surface area contributed by atoms with Gasteiger partial charge in [-0.25, -0.2) is 4.98 Å². The molecule has 2 heterocycles. The number of carbonyl (C=O) groups is 1. The van der Waals surface area contributed by atoms with Crippen LogP contribution in [0.4, 0.5) is 0 Å². The van der Waals surface area contributed by atoms with Crippen molar-refractivity contribution in [3.05, 3.63) is 18.2 Å². The molecule has 1 aromatic heterocycles. The van der Waals surface area contributed by atoms with Gasteiger partial charge in [-0.2, -0.15) is 0 Å². The summed E-state index contributed by atoms with van der Waals surface area (Å²) >= 11 is 0. The maximum Gasteiger partial charge on any atom is 0.310 e. The van der Waals surface area contributed by atoms with E-state index in [1.165, 1.54) is 18.5 Å². The fourth-order valence-electron chi connectivity index (χ4n) is 2.75. The lowest BCUT2D eigenvalue weighted by Gasteiger charge is -2.18. The third-order valence-corrected chi connectivity index (χ3v) is 3.82. The molecule has 5 nitrogen and oxygen atoms in total. The number of carbonyl (C=O) groups excluding carboxylic acids is 1. The third kappa shape index (κ3) is 2.03. The first-order valence-corrected chi connectivity index (χ1v) is 6.70. The first-order chi connectivity index (χ1) is 8.81. The Morgan fingerprint density at radius 1 is 1.56 bits per heavy atom. The Morgan fingerprint density at radius 2 is 2.39 bits per heavy atom. The minimum absolute atomic E-state index is 0.0702. The molecule has 18 heavy (non-hydrogen) atoms. The van der Waals surface area contributed by atoms with Crippen LogP contribution in [0.15, 0.2) is 12.5 Å². The van der Waals surface area contributed by atoms with Gasteiger partial charge in [-0.05, 0) is 19.8 Å². The van der Waals surface area contributed by atoms with Crippen LogP contribution in [0.5, 0.6) is 0 Å². The molecule has 2 fully saturated rings. The second kappa shape index (κ2) is 4.72. The second-order valence-corrected chi connectivity index (χ2v) is 5.08. The van der Waals surface area contributed by atoms with Gasteiger partial charge in [-0.3, -0.25) is 4.79 Å². The van der Waals surface area contributed by atoms with Gasteiger partial charge in [0.25, 0.3) is 0 Å². The quantitative estimate of drug-likeness (QED) is 0.811. The van der Waals surface area contributed by atoms with Crippen LogP contribution in [0.2, 0.25) is 0 Å². The van der Waals surface area contributed by atoms with Crippen molar-refractivity contribution >= 4 is 5.97 Å². The number of nitrogens with zero attached hydrogens (tertiary/aromatic N) is 2. The van der Waals surface area contributed by atoms with E-state index in [2.05, 4.69) is 14.9 Å². The molecule has 1 saturated heterocycles. The van der Waals surface area contributed by atoms with Gasteiger partial charge in [0.15, 0.2) is 0 Å². The van der Waals surface area contributed by atoms with E-state index >= 15 is 0 Å². The zero-order valence-corrected chi connectivity index (χ0v) is 10.6. The first-order valence-electron chi connectivity index (χ1n) is 6.70. The molecule has 1 saturated carbocycles. The Kier molecular flexibility index (Phi) is 3.07. The minimum atomic E-state index is -0.0870. The number of nitrogens with one attached hydrogen (secondary N) is 1. The molecule has 0 amide bonds. The van der Waals surface area contributed by atoms with Crippen LogP contribution in [0, 0.1) is 5.92 Å². The predicted octanol–water partition coefficient (Wildman–Crippen LogP) is 1.08.